The molecule has 0 saturated carbocycles. The monoisotopic (exact) mass is 367 g/mol. The third-order valence-electron chi connectivity index (χ3n) is 2.23. The number of alkyl halides is 1. The zero-order chi connectivity index (χ0) is 12.8. The molecule has 0 aliphatic heterocycles. The van der Waals surface area contributed by atoms with Gasteiger partial charge in [0, 0.05) is 6.54 Å². The molecule has 1 aromatic rings. The van der Waals surface area contributed by atoms with Gasteiger partial charge in [-0.3, -0.25) is 9.59 Å². The van der Waals surface area contributed by atoms with E-state index in [-0.39, 0.29) is 22.3 Å². The van der Waals surface area contributed by atoms with Gasteiger partial charge in [-0.1, -0.05) is 29.5 Å². The number of halogens is 1. The standard InChI is InChI=1S/C11H14INO3S/c1-3-7-4-5-17-9(7)10(14)13-6-8(12)11(15)16-2/h4-5,8H,3,6H2,1-2H3,(H,13,14). The number of esters is 1. The topological polar surface area (TPSA) is 55.4 Å². The van der Waals surface area contributed by atoms with Crippen LogP contribution in [0, 0.1) is 0 Å². The van der Waals surface area contributed by atoms with E-state index in [0.29, 0.717) is 0 Å². The summed E-state index contributed by atoms with van der Waals surface area (Å²) in [4.78, 5) is 23.7. The zero-order valence-corrected chi connectivity index (χ0v) is 12.6. The van der Waals surface area contributed by atoms with Crippen molar-refractivity contribution in [3.05, 3.63) is 21.9 Å². The van der Waals surface area contributed by atoms with E-state index in [0.717, 1.165) is 16.9 Å². The molecule has 6 heteroatoms. The van der Waals surface area contributed by atoms with Gasteiger partial charge in [-0.15, -0.1) is 11.3 Å². The summed E-state index contributed by atoms with van der Waals surface area (Å²) in [7, 11) is 1.34. The minimum Gasteiger partial charge on any atom is -0.468 e. The predicted octanol–water partition coefficient (Wildman–Crippen LogP) is 2.02. The lowest BCUT2D eigenvalue weighted by Gasteiger charge is -2.09. The number of carbonyl (C=O) groups is 2. The Labute approximate surface area is 118 Å². The van der Waals surface area contributed by atoms with Crippen LogP contribution in [-0.2, 0) is 16.0 Å². The van der Waals surface area contributed by atoms with E-state index in [2.05, 4.69) is 10.1 Å². The molecule has 17 heavy (non-hydrogen) atoms. The number of hydrogen-bond donors (Lipinski definition) is 1. The van der Waals surface area contributed by atoms with Gasteiger partial charge in [-0.05, 0) is 23.4 Å². The van der Waals surface area contributed by atoms with Crippen LogP contribution in [0.15, 0.2) is 11.4 Å². The van der Waals surface area contributed by atoms with Crippen molar-refractivity contribution in [2.24, 2.45) is 0 Å². The molecule has 0 saturated heterocycles. The number of thiophene rings is 1. The van der Waals surface area contributed by atoms with Gasteiger partial charge < -0.3 is 10.1 Å². The second-order valence-corrected chi connectivity index (χ2v) is 5.75. The summed E-state index contributed by atoms with van der Waals surface area (Å²) in [5.74, 6) is -0.449. The Kier molecular flexibility index (Phi) is 5.90. The predicted molar refractivity (Wildman–Crippen MR) is 75.9 cm³/mol. The zero-order valence-electron chi connectivity index (χ0n) is 9.66. The largest absolute Gasteiger partial charge is 0.468 e. The maximum Gasteiger partial charge on any atom is 0.320 e. The fourth-order valence-electron chi connectivity index (χ4n) is 1.29. The lowest BCUT2D eigenvalue weighted by atomic mass is 10.2. The number of rotatable bonds is 5. The van der Waals surface area contributed by atoms with Gasteiger partial charge in [0.05, 0.1) is 12.0 Å². The van der Waals surface area contributed by atoms with Crippen LogP contribution < -0.4 is 5.32 Å². The molecule has 1 aromatic heterocycles. The first-order chi connectivity index (χ1) is 8.10. The molecule has 1 N–H and O–H groups in total. The summed E-state index contributed by atoms with van der Waals surface area (Å²) in [5, 5.41) is 4.64. The van der Waals surface area contributed by atoms with Gasteiger partial charge >= 0.3 is 5.97 Å². The number of nitrogens with one attached hydrogen (secondary N) is 1. The van der Waals surface area contributed by atoms with E-state index in [9.17, 15) is 9.59 Å². The summed E-state index contributed by atoms with van der Waals surface area (Å²) >= 11 is 3.37. The number of carbonyl (C=O) groups excluding carboxylic acids is 2. The molecule has 1 heterocycles. The molecule has 0 fully saturated rings. The first kappa shape index (κ1) is 14.4. The minimum atomic E-state index is -0.355. The third-order valence-corrected chi connectivity index (χ3v) is 4.14. The summed E-state index contributed by atoms with van der Waals surface area (Å²) in [6.07, 6.45) is 0.830. The van der Waals surface area contributed by atoms with Crippen LogP contribution in [-0.4, -0.2) is 29.5 Å². The van der Waals surface area contributed by atoms with Gasteiger partial charge in [0.1, 0.15) is 3.92 Å². The van der Waals surface area contributed by atoms with Gasteiger partial charge in [-0.2, -0.15) is 0 Å². The fourth-order valence-corrected chi connectivity index (χ4v) is 2.67. The smallest absolute Gasteiger partial charge is 0.320 e. The number of amides is 1. The molecule has 1 amide bonds. The van der Waals surface area contributed by atoms with Crippen molar-refractivity contribution in [1.29, 1.82) is 0 Å². The van der Waals surface area contributed by atoms with Crippen LogP contribution in [0.25, 0.3) is 0 Å². The molecule has 0 aliphatic carbocycles. The van der Waals surface area contributed by atoms with Gasteiger partial charge in [0.2, 0.25) is 0 Å². The number of aryl methyl sites for hydroxylation is 1. The van der Waals surface area contributed by atoms with Crippen molar-refractivity contribution in [2.45, 2.75) is 17.3 Å². The molecule has 1 rings (SSSR count). The molecule has 0 aromatic carbocycles. The Balaban J connectivity index is 2.53. The lowest BCUT2D eigenvalue weighted by Crippen LogP contribution is -2.33. The fraction of sp³-hybridized carbons (Fsp3) is 0.455. The molecule has 0 aliphatic rings. The van der Waals surface area contributed by atoms with Crippen molar-refractivity contribution < 1.29 is 14.3 Å². The van der Waals surface area contributed by atoms with E-state index >= 15 is 0 Å². The molecule has 1 atom stereocenters. The number of methoxy groups -OCH3 is 1. The van der Waals surface area contributed by atoms with E-state index in [1.165, 1.54) is 18.4 Å². The molecule has 0 spiro atoms. The molecular formula is C11H14INO3S. The lowest BCUT2D eigenvalue weighted by molar-refractivity contribution is -0.139. The van der Waals surface area contributed by atoms with Crippen LogP contribution in [0.5, 0.6) is 0 Å². The second-order valence-electron chi connectivity index (χ2n) is 3.33. The molecule has 0 radical (unpaired) electrons. The summed E-state index contributed by atoms with van der Waals surface area (Å²) in [6, 6.07) is 1.95. The first-order valence-corrected chi connectivity index (χ1v) is 7.29. The van der Waals surface area contributed by atoms with E-state index in [4.69, 9.17) is 0 Å². The molecule has 4 nitrogen and oxygen atoms in total. The van der Waals surface area contributed by atoms with Crippen molar-refractivity contribution in [2.75, 3.05) is 13.7 Å². The summed E-state index contributed by atoms with van der Waals surface area (Å²) in [6.45, 7) is 2.29. The average Bonchev–Trinajstić information content (AvgIpc) is 2.82. The highest BCUT2D eigenvalue weighted by Crippen LogP contribution is 2.17. The Hall–Kier alpha value is -0.630. The quantitative estimate of drug-likeness (QED) is 0.492. The van der Waals surface area contributed by atoms with Crippen molar-refractivity contribution >= 4 is 45.8 Å². The minimum absolute atomic E-state index is 0.123. The van der Waals surface area contributed by atoms with E-state index < -0.39 is 0 Å². The Morgan fingerprint density at radius 3 is 2.88 bits per heavy atom. The molecule has 94 valence electrons. The van der Waals surface area contributed by atoms with Gasteiger partial charge in [-0.25, -0.2) is 0 Å². The second kappa shape index (κ2) is 6.95. The maximum absolute atomic E-state index is 11.8. The van der Waals surface area contributed by atoms with Crippen molar-refractivity contribution in [1.82, 2.24) is 5.32 Å². The number of hydrogen-bond acceptors (Lipinski definition) is 4. The highest BCUT2D eigenvalue weighted by Gasteiger charge is 2.18. The summed E-state index contributed by atoms with van der Waals surface area (Å²) in [5.41, 5.74) is 1.04. The van der Waals surface area contributed by atoms with Crippen LogP contribution >= 0.6 is 33.9 Å². The normalized spacial score (nSPS) is 11.9. The highest BCUT2D eigenvalue weighted by molar-refractivity contribution is 14.1. The van der Waals surface area contributed by atoms with Crippen LogP contribution in [0.4, 0.5) is 0 Å². The van der Waals surface area contributed by atoms with E-state index in [1.54, 1.807) is 0 Å². The third kappa shape index (κ3) is 3.95. The molecule has 1 unspecified atom stereocenters. The van der Waals surface area contributed by atoms with Gasteiger partial charge in [0.25, 0.3) is 5.91 Å². The maximum atomic E-state index is 11.8. The summed E-state index contributed by atoms with van der Waals surface area (Å²) < 4.78 is 4.23. The Morgan fingerprint density at radius 1 is 1.59 bits per heavy atom. The van der Waals surface area contributed by atoms with Crippen molar-refractivity contribution in [3.63, 3.8) is 0 Å². The number of ether oxygens (including phenoxy) is 1. The van der Waals surface area contributed by atoms with Gasteiger partial charge in [0.15, 0.2) is 0 Å². The average molecular weight is 367 g/mol. The molecule has 0 bridgehead atoms. The highest BCUT2D eigenvalue weighted by atomic mass is 127. The first-order valence-electron chi connectivity index (χ1n) is 5.16. The Morgan fingerprint density at radius 2 is 2.29 bits per heavy atom. The Bertz CT molecular complexity index is 405. The van der Waals surface area contributed by atoms with Crippen LogP contribution in [0.2, 0.25) is 0 Å². The SMILES string of the molecule is CCc1ccsc1C(=O)NCC(I)C(=O)OC. The van der Waals surface area contributed by atoms with Crippen molar-refractivity contribution in [3.8, 4) is 0 Å². The van der Waals surface area contributed by atoms with Crippen LogP contribution in [0.3, 0.4) is 0 Å². The van der Waals surface area contributed by atoms with Crippen LogP contribution in [0.1, 0.15) is 22.2 Å². The molecular weight excluding hydrogens is 353 g/mol. The van der Waals surface area contributed by atoms with E-state index in [1.807, 2.05) is 41.0 Å².